The Hall–Kier alpha value is -1.56. The number of ether oxygens (including phenoxy) is 1. The predicted octanol–water partition coefficient (Wildman–Crippen LogP) is -2.64. The summed E-state index contributed by atoms with van der Waals surface area (Å²) in [6.07, 6.45) is -0.481. The van der Waals surface area contributed by atoms with Crippen LogP contribution in [0.4, 0.5) is 0 Å². The van der Waals surface area contributed by atoms with Gasteiger partial charge in [0, 0.05) is 6.42 Å². The first kappa shape index (κ1) is 26.7. The SMILES string of the molecule is O=P(O)(O)OP(=O)(O)OP(=O)(O)O.O=c1[nH]c(=O)c2ncn([C@H]3C[C@H](O)[C@@H](CO)O3)c2[nH]1. The van der Waals surface area contributed by atoms with E-state index in [0.717, 1.165) is 0 Å². The molecule has 19 nitrogen and oxygen atoms in total. The van der Waals surface area contributed by atoms with Crippen molar-refractivity contribution < 1.29 is 61.7 Å². The van der Waals surface area contributed by atoms with Gasteiger partial charge in [-0.2, -0.15) is 8.62 Å². The van der Waals surface area contributed by atoms with Crippen LogP contribution in [0.2, 0.25) is 0 Å². The molecule has 1 fully saturated rings. The molecule has 2 aromatic heterocycles. The number of aliphatic hydroxyl groups is 2. The predicted molar refractivity (Wildman–Crippen MR) is 98.7 cm³/mol. The molecule has 3 rings (SSSR count). The van der Waals surface area contributed by atoms with Crippen molar-refractivity contribution in [3.8, 4) is 0 Å². The number of hydrogen-bond acceptors (Lipinski definition) is 11. The van der Waals surface area contributed by atoms with Gasteiger partial charge in [-0.1, -0.05) is 0 Å². The normalized spacial score (nSPS) is 22.0. The van der Waals surface area contributed by atoms with Gasteiger partial charge < -0.3 is 39.4 Å². The molecule has 0 radical (unpaired) electrons. The fourth-order valence-electron chi connectivity index (χ4n) is 2.50. The van der Waals surface area contributed by atoms with Crippen molar-refractivity contribution in [3.05, 3.63) is 27.2 Å². The molecule has 3 heterocycles. The molecule has 0 spiro atoms. The standard InChI is InChI=1S/C10H12N4O5.H5O10P3/c15-2-5-4(16)1-6(19-5)14-3-11-7-8(14)12-10(18)13-9(7)17;1-11(2,3)9-13(7,8)10-12(4,5)6/h3-6,15-16H,1-2H2,(H2,12,13,17,18);(H,7,8)(H2,1,2,3)(H2,4,5,6)/t4-,5+,6+;/m0./s1. The Labute approximate surface area is 175 Å². The number of aliphatic hydroxyl groups excluding tert-OH is 2. The van der Waals surface area contributed by atoms with Gasteiger partial charge in [0.2, 0.25) is 0 Å². The second kappa shape index (κ2) is 9.74. The van der Waals surface area contributed by atoms with Crippen LogP contribution in [0.25, 0.3) is 11.2 Å². The van der Waals surface area contributed by atoms with Crippen molar-refractivity contribution in [2.24, 2.45) is 0 Å². The van der Waals surface area contributed by atoms with Crippen molar-refractivity contribution in [2.75, 3.05) is 6.61 Å². The minimum Gasteiger partial charge on any atom is -0.394 e. The summed E-state index contributed by atoms with van der Waals surface area (Å²) in [6.45, 7) is -0.304. The van der Waals surface area contributed by atoms with Gasteiger partial charge in [0.15, 0.2) is 5.52 Å². The number of phosphoric acid groups is 3. The molecular formula is C10H17N4O15P3. The summed E-state index contributed by atoms with van der Waals surface area (Å²) < 4.78 is 43.3. The molecule has 0 unspecified atom stereocenters. The lowest BCUT2D eigenvalue weighted by Crippen LogP contribution is -2.24. The lowest BCUT2D eigenvalue weighted by Gasteiger charge is -2.13. The zero-order valence-corrected chi connectivity index (χ0v) is 18.0. The van der Waals surface area contributed by atoms with Gasteiger partial charge in [-0.25, -0.2) is 23.5 Å². The van der Waals surface area contributed by atoms with Crippen molar-refractivity contribution in [1.82, 2.24) is 19.5 Å². The molecule has 1 saturated heterocycles. The maximum atomic E-state index is 11.5. The summed E-state index contributed by atoms with van der Waals surface area (Å²) in [5.41, 5.74) is -0.916. The molecule has 182 valence electrons. The first-order valence-electron chi connectivity index (χ1n) is 8.01. The fourth-order valence-corrected chi connectivity index (χ4v) is 5.04. The van der Waals surface area contributed by atoms with Gasteiger partial charge in [0.1, 0.15) is 18.0 Å². The van der Waals surface area contributed by atoms with Gasteiger partial charge in [-0.15, -0.1) is 0 Å². The Balaban J connectivity index is 0.000000247. The number of rotatable bonds is 6. The van der Waals surface area contributed by atoms with E-state index in [4.69, 9.17) is 34.3 Å². The zero-order chi connectivity index (χ0) is 24.5. The Bertz CT molecular complexity index is 1180. The van der Waals surface area contributed by atoms with Crippen molar-refractivity contribution in [1.29, 1.82) is 0 Å². The summed E-state index contributed by atoms with van der Waals surface area (Å²) in [4.78, 5) is 71.5. The smallest absolute Gasteiger partial charge is 0.394 e. The molecule has 9 N–H and O–H groups in total. The molecule has 32 heavy (non-hydrogen) atoms. The van der Waals surface area contributed by atoms with Crippen LogP contribution in [-0.4, -0.2) is 73.0 Å². The van der Waals surface area contributed by atoms with E-state index in [1.165, 1.54) is 10.9 Å². The Morgan fingerprint density at radius 3 is 2.12 bits per heavy atom. The molecular weight excluding hydrogens is 509 g/mol. The van der Waals surface area contributed by atoms with E-state index in [-0.39, 0.29) is 24.2 Å². The van der Waals surface area contributed by atoms with Crippen LogP contribution in [0.3, 0.4) is 0 Å². The molecule has 1 aliphatic heterocycles. The van der Waals surface area contributed by atoms with Gasteiger partial charge in [0.25, 0.3) is 5.56 Å². The van der Waals surface area contributed by atoms with Gasteiger partial charge in [0.05, 0.1) is 19.0 Å². The van der Waals surface area contributed by atoms with E-state index in [1.54, 1.807) is 0 Å². The van der Waals surface area contributed by atoms with Crippen molar-refractivity contribution in [2.45, 2.75) is 24.9 Å². The highest BCUT2D eigenvalue weighted by Gasteiger charge is 2.38. The summed E-state index contributed by atoms with van der Waals surface area (Å²) in [5, 5.41) is 18.7. The van der Waals surface area contributed by atoms with E-state index >= 15 is 0 Å². The summed E-state index contributed by atoms with van der Waals surface area (Å²) in [6, 6.07) is 0. The van der Waals surface area contributed by atoms with Crippen LogP contribution in [0.1, 0.15) is 12.6 Å². The maximum Gasteiger partial charge on any atom is 0.490 e. The Morgan fingerprint density at radius 1 is 1.09 bits per heavy atom. The van der Waals surface area contributed by atoms with E-state index in [1.807, 2.05) is 0 Å². The molecule has 0 saturated carbocycles. The third-order valence-electron chi connectivity index (χ3n) is 3.58. The topological polar surface area (TPSA) is 304 Å². The second-order valence-corrected chi connectivity index (χ2v) is 10.2. The Morgan fingerprint density at radius 2 is 1.66 bits per heavy atom. The summed E-state index contributed by atoms with van der Waals surface area (Å²) in [7, 11) is -16.2. The first-order chi connectivity index (χ1) is 14.5. The highest BCUT2D eigenvalue weighted by Crippen LogP contribution is 2.64. The van der Waals surface area contributed by atoms with Crippen LogP contribution < -0.4 is 11.2 Å². The monoisotopic (exact) mass is 526 g/mol. The van der Waals surface area contributed by atoms with Crippen molar-refractivity contribution in [3.63, 3.8) is 0 Å². The molecule has 2 aromatic rings. The van der Waals surface area contributed by atoms with Crippen LogP contribution >= 0.6 is 23.5 Å². The number of H-pyrrole nitrogens is 2. The number of fused-ring (bicyclic) bond motifs is 1. The van der Waals surface area contributed by atoms with Gasteiger partial charge >= 0.3 is 29.2 Å². The fraction of sp³-hybridized carbons (Fsp3) is 0.500. The number of hydrogen-bond donors (Lipinski definition) is 9. The second-order valence-electron chi connectivity index (χ2n) is 5.99. The van der Waals surface area contributed by atoms with Crippen molar-refractivity contribution >= 4 is 34.6 Å². The molecule has 0 aliphatic carbocycles. The van der Waals surface area contributed by atoms with E-state index < -0.39 is 53.2 Å². The van der Waals surface area contributed by atoms with Crippen LogP contribution in [0.15, 0.2) is 15.9 Å². The quantitative estimate of drug-likeness (QED) is 0.174. The van der Waals surface area contributed by atoms with Crippen LogP contribution in [0, 0.1) is 0 Å². The number of nitrogens with one attached hydrogen (secondary N) is 2. The van der Waals surface area contributed by atoms with E-state index in [0.29, 0.717) is 0 Å². The zero-order valence-electron chi connectivity index (χ0n) is 15.4. The number of aromatic amines is 2. The number of imidazole rings is 1. The number of nitrogens with zero attached hydrogens (tertiary/aromatic N) is 2. The van der Waals surface area contributed by atoms with E-state index in [2.05, 4.69) is 23.6 Å². The minimum atomic E-state index is -5.46. The third kappa shape index (κ3) is 7.50. The molecule has 1 aliphatic rings. The minimum absolute atomic E-state index is 0.0881. The largest absolute Gasteiger partial charge is 0.490 e. The van der Waals surface area contributed by atoms with Crippen LogP contribution in [-0.2, 0) is 27.1 Å². The Kier molecular flexibility index (Phi) is 8.13. The molecule has 0 aromatic carbocycles. The highest BCUT2D eigenvalue weighted by molar-refractivity contribution is 7.66. The third-order valence-corrected chi connectivity index (χ3v) is 6.93. The van der Waals surface area contributed by atoms with Gasteiger partial charge in [-0.3, -0.25) is 19.3 Å². The summed E-state index contributed by atoms with van der Waals surface area (Å²) >= 11 is 0. The number of aromatic nitrogens is 4. The molecule has 0 bridgehead atoms. The molecule has 0 amide bonds. The average Bonchev–Trinajstić information content (AvgIpc) is 3.13. The molecule has 22 heteroatoms. The van der Waals surface area contributed by atoms with E-state index in [9.17, 15) is 28.4 Å². The lowest BCUT2D eigenvalue weighted by atomic mass is 10.2. The maximum absolute atomic E-state index is 11.5. The van der Waals surface area contributed by atoms with Gasteiger partial charge in [-0.05, 0) is 0 Å². The first-order valence-corrected chi connectivity index (χ1v) is 12.6. The highest BCUT2D eigenvalue weighted by atomic mass is 31.3. The molecule has 3 atom stereocenters. The lowest BCUT2D eigenvalue weighted by molar-refractivity contribution is -0.0432. The average molecular weight is 526 g/mol. The van der Waals surface area contributed by atoms with Crippen LogP contribution in [0.5, 0.6) is 0 Å². The summed E-state index contributed by atoms with van der Waals surface area (Å²) in [5.74, 6) is 0.